The van der Waals surface area contributed by atoms with Crippen molar-refractivity contribution in [1.29, 1.82) is 0 Å². The molecular formula is C26H36N6. The summed E-state index contributed by atoms with van der Waals surface area (Å²) in [4.78, 5) is 15.0. The lowest BCUT2D eigenvalue weighted by Gasteiger charge is -2.33. The van der Waals surface area contributed by atoms with Crippen LogP contribution < -0.4 is 9.80 Å². The molecule has 0 radical (unpaired) electrons. The Hall–Kier alpha value is -2.89. The van der Waals surface area contributed by atoms with Crippen LogP contribution in [-0.4, -0.2) is 39.9 Å². The molecule has 0 fully saturated rings. The second-order valence-electron chi connectivity index (χ2n) is 9.36. The summed E-state index contributed by atoms with van der Waals surface area (Å²) in [5, 5.41) is 4.73. The third kappa shape index (κ3) is 4.10. The molecule has 6 nitrogen and oxygen atoms in total. The molecule has 0 saturated heterocycles. The number of hydrogen-bond donors (Lipinski definition) is 0. The zero-order valence-corrected chi connectivity index (χ0v) is 20.6. The van der Waals surface area contributed by atoms with Crippen LogP contribution in [0.4, 0.5) is 11.6 Å². The minimum absolute atomic E-state index is 0.418. The van der Waals surface area contributed by atoms with E-state index < -0.39 is 0 Å². The van der Waals surface area contributed by atoms with Crippen molar-refractivity contribution in [2.75, 3.05) is 29.9 Å². The van der Waals surface area contributed by atoms with Gasteiger partial charge in [-0.25, -0.2) is 9.97 Å². The van der Waals surface area contributed by atoms with E-state index in [9.17, 15) is 0 Å². The summed E-state index contributed by atoms with van der Waals surface area (Å²) in [5.41, 5.74) is 7.17. The lowest BCUT2D eigenvalue weighted by Crippen LogP contribution is -2.35. The number of anilines is 2. The normalized spacial score (nSPS) is 13.6. The van der Waals surface area contributed by atoms with Gasteiger partial charge in [0.2, 0.25) is 0 Å². The first kappa shape index (κ1) is 22.3. The van der Waals surface area contributed by atoms with E-state index >= 15 is 0 Å². The molecule has 0 unspecified atom stereocenters. The first-order chi connectivity index (χ1) is 15.3. The maximum Gasteiger partial charge on any atom is 0.162 e. The van der Waals surface area contributed by atoms with Gasteiger partial charge in [-0.15, -0.1) is 0 Å². The van der Waals surface area contributed by atoms with Crippen LogP contribution in [0.3, 0.4) is 0 Å². The largest absolute Gasteiger partial charge is 0.359 e. The molecule has 4 rings (SSSR count). The van der Waals surface area contributed by atoms with Gasteiger partial charge in [0.25, 0.3) is 0 Å². The third-order valence-corrected chi connectivity index (χ3v) is 6.45. The van der Waals surface area contributed by atoms with E-state index in [1.165, 1.54) is 28.2 Å². The van der Waals surface area contributed by atoms with Crippen molar-refractivity contribution in [3.05, 3.63) is 52.3 Å². The lowest BCUT2D eigenvalue weighted by molar-refractivity contribution is 0.648. The van der Waals surface area contributed by atoms with Gasteiger partial charge >= 0.3 is 0 Å². The number of fused-ring (bicyclic) bond motifs is 1. The van der Waals surface area contributed by atoms with Crippen molar-refractivity contribution in [3.8, 4) is 11.4 Å². The monoisotopic (exact) mass is 432 g/mol. The number of benzene rings is 1. The lowest BCUT2D eigenvalue weighted by atomic mass is 10.0. The number of rotatable bonds is 6. The van der Waals surface area contributed by atoms with Crippen LogP contribution in [0.2, 0.25) is 0 Å². The molecule has 3 aromatic rings. The van der Waals surface area contributed by atoms with E-state index in [2.05, 4.69) is 75.7 Å². The highest BCUT2D eigenvalue weighted by Crippen LogP contribution is 2.33. The van der Waals surface area contributed by atoms with Crippen LogP contribution in [0, 0.1) is 13.8 Å². The predicted octanol–water partition coefficient (Wildman–Crippen LogP) is 5.03. The van der Waals surface area contributed by atoms with Gasteiger partial charge in [-0.1, -0.05) is 39.0 Å². The molecule has 0 aliphatic carbocycles. The van der Waals surface area contributed by atoms with E-state index in [0.717, 1.165) is 55.4 Å². The zero-order valence-electron chi connectivity index (χ0n) is 20.6. The number of aryl methyl sites for hydroxylation is 3. The second-order valence-corrected chi connectivity index (χ2v) is 9.36. The minimum atomic E-state index is 0.418. The number of aromatic nitrogens is 4. The molecule has 0 spiro atoms. The Kier molecular flexibility index (Phi) is 6.22. The van der Waals surface area contributed by atoms with Crippen LogP contribution in [0.15, 0.2) is 24.3 Å². The van der Waals surface area contributed by atoms with Gasteiger partial charge in [-0.05, 0) is 37.3 Å². The average molecular weight is 433 g/mol. The smallest absolute Gasteiger partial charge is 0.162 e. The van der Waals surface area contributed by atoms with Gasteiger partial charge in [0.1, 0.15) is 11.6 Å². The summed E-state index contributed by atoms with van der Waals surface area (Å²) in [6, 6.07) is 8.64. The SMILES string of the molecule is CCCN(C)c1nc(-c2c(C)cccc2C)nc2c1CN(c1cc(C(C)C)nn1C)CC2. The summed E-state index contributed by atoms with van der Waals surface area (Å²) in [5.74, 6) is 3.50. The molecule has 1 aliphatic heterocycles. The molecule has 2 aromatic heterocycles. The van der Waals surface area contributed by atoms with Crippen LogP contribution in [0.5, 0.6) is 0 Å². The van der Waals surface area contributed by atoms with Gasteiger partial charge in [0, 0.05) is 57.3 Å². The molecule has 0 atom stereocenters. The quantitative estimate of drug-likeness (QED) is 0.547. The van der Waals surface area contributed by atoms with Crippen molar-refractivity contribution < 1.29 is 0 Å². The Morgan fingerprint density at radius 3 is 2.47 bits per heavy atom. The summed E-state index contributed by atoms with van der Waals surface area (Å²) in [6.07, 6.45) is 1.99. The molecule has 0 N–H and O–H groups in total. The van der Waals surface area contributed by atoms with Gasteiger partial charge in [-0.2, -0.15) is 5.10 Å². The highest BCUT2D eigenvalue weighted by atomic mass is 15.4. The predicted molar refractivity (Wildman–Crippen MR) is 133 cm³/mol. The summed E-state index contributed by atoms with van der Waals surface area (Å²) in [6.45, 7) is 13.6. The van der Waals surface area contributed by atoms with Crippen molar-refractivity contribution in [3.63, 3.8) is 0 Å². The van der Waals surface area contributed by atoms with Crippen molar-refractivity contribution in [1.82, 2.24) is 19.7 Å². The van der Waals surface area contributed by atoms with Crippen molar-refractivity contribution >= 4 is 11.6 Å². The Bertz CT molecular complexity index is 1090. The standard InChI is InChI=1S/C26H36N6/c1-8-13-30(6)26-20-16-32(23-15-22(17(2)3)29-31(23)7)14-12-21(20)27-25(28-26)24-18(4)10-9-11-19(24)5/h9-11,15,17H,8,12-14,16H2,1-7H3. The fourth-order valence-electron chi connectivity index (χ4n) is 4.69. The van der Waals surface area contributed by atoms with Crippen LogP contribution in [0.25, 0.3) is 11.4 Å². The second kappa shape index (κ2) is 8.93. The Morgan fingerprint density at radius 1 is 1.12 bits per heavy atom. The maximum atomic E-state index is 5.15. The molecule has 0 amide bonds. The molecule has 0 saturated carbocycles. The Morgan fingerprint density at radius 2 is 1.84 bits per heavy atom. The zero-order chi connectivity index (χ0) is 23.0. The summed E-state index contributed by atoms with van der Waals surface area (Å²) in [7, 11) is 4.20. The number of nitrogens with zero attached hydrogens (tertiary/aromatic N) is 6. The van der Waals surface area contributed by atoms with Crippen LogP contribution in [0.1, 0.15) is 61.2 Å². The first-order valence-electron chi connectivity index (χ1n) is 11.8. The first-order valence-corrected chi connectivity index (χ1v) is 11.8. The molecule has 6 heteroatoms. The average Bonchev–Trinajstić information content (AvgIpc) is 3.15. The van der Waals surface area contributed by atoms with Gasteiger partial charge < -0.3 is 9.80 Å². The van der Waals surface area contributed by atoms with Crippen molar-refractivity contribution in [2.45, 2.75) is 59.9 Å². The highest BCUT2D eigenvalue weighted by Gasteiger charge is 2.27. The Balaban J connectivity index is 1.78. The van der Waals surface area contributed by atoms with Gasteiger partial charge in [0.05, 0.1) is 11.4 Å². The van der Waals surface area contributed by atoms with Crippen LogP contribution >= 0.6 is 0 Å². The van der Waals surface area contributed by atoms with E-state index in [1.807, 2.05) is 11.7 Å². The van der Waals surface area contributed by atoms with E-state index in [4.69, 9.17) is 15.1 Å². The highest BCUT2D eigenvalue weighted by molar-refractivity contribution is 5.68. The fraction of sp³-hybridized carbons (Fsp3) is 0.500. The maximum absolute atomic E-state index is 5.15. The van der Waals surface area contributed by atoms with Gasteiger partial charge in [0.15, 0.2) is 5.82 Å². The fourth-order valence-corrected chi connectivity index (χ4v) is 4.69. The Labute approximate surface area is 192 Å². The molecule has 3 heterocycles. The molecule has 0 bridgehead atoms. The topological polar surface area (TPSA) is 50.1 Å². The van der Waals surface area contributed by atoms with Gasteiger partial charge in [-0.3, -0.25) is 4.68 Å². The minimum Gasteiger partial charge on any atom is -0.359 e. The van der Waals surface area contributed by atoms with E-state index in [0.29, 0.717) is 5.92 Å². The molecule has 1 aliphatic rings. The van der Waals surface area contributed by atoms with E-state index in [-0.39, 0.29) is 0 Å². The third-order valence-electron chi connectivity index (χ3n) is 6.45. The summed E-state index contributed by atoms with van der Waals surface area (Å²) < 4.78 is 2.02. The molecule has 32 heavy (non-hydrogen) atoms. The molecular weight excluding hydrogens is 396 g/mol. The molecule has 170 valence electrons. The van der Waals surface area contributed by atoms with Crippen LogP contribution in [-0.2, 0) is 20.0 Å². The summed E-state index contributed by atoms with van der Waals surface area (Å²) >= 11 is 0. The number of hydrogen-bond acceptors (Lipinski definition) is 5. The molecule has 1 aromatic carbocycles. The van der Waals surface area contributed by atoms with E-state index in [1.54, 1.807) is 0 Å². The van der Waals surface area contributed by atoms with Crippen molar-refractivity contribution in [2.24, 2.45) is 7.05 Å².